The van der Waals surface area contributed by atoms with E-state index in [9.17, 15) is 9.18 Å². The highest BCUT2D eigenvalue weighted by Gasteiger charge is 2.01. The summed E-state index contributed by atoms with van der Waals surface area (Å²) in [6.45, 7) is 3.93. The van der Waals surface area contributed by atoms with Crippen LogP contribution in [0.5, 0.6) is 0 Å². The molecule has 0 fully saturated rings. The fraction of sp³-hybridized carbons (Fsp3) is 0.118. The van der Waals surface area contributed by atoms with Gasteiger partial charge in [-0.1, -0.05) is 24.3 Å². The van der Waals surface area contributed by atoms with E-state index in [1.165, 1.54) is 18.3 Å². The molecule has 0 aromatic heterocycles. The van der Waals surface area contributed by atoms with Gasteiger partial charge in [-0.15, -0.1) is 0 Å². The van der Waals surface area contributed by atoms with Crippen LogP contribution in [0.1, 0.15) is 16.7 Å². The second-order valence-corrected chi connectivity index (χ2v) is 4.83. The van der Waals surface area contributed by atoms with Gasteiger partial charge in [0.05, 0.1) is 0 Å². The van der Waals surface area contributed by atoms with Crippen molar-refractivity contribution in [1.82, 2.24) is 5.32 Å². The molecule has 2 aromatic carbocycles. The number of benzene rings is 2. The zero-order valence-corrected chi connectivity index (χ0v) is 12.0. The molecule has 0 aliphatic rings. The Labute approximate surface area is 123 Å². The standard InChI is InChI=1S/C17H17FN2O/c1-12-9-13(2)11-15(10-12)20-17(21)19-8-7-14-5-3-4-6-16(14)18/h3-11H,1-2H3,(H2,19,20,21)/b8-7+. The number of hydrogen-bond acceptors (Lipinski definition) is 1. The lowest BCUT2D eigenvalue weighted by molar-refractivity contribution is 0.255. The summed E-state index contributed by atoms with van der Waals surface area (Å²) in [7, 11) is 0. The molecule has 2 N–H and O–H groups in total. The summed E-state index contributed by atoms with van der Waals surface area (Å²) in [5, 5.41) is 5.28. The number of aryl methyl sites for hydroxylation is 2. The molecule has 2 amide bonds. The van der Waals surface area contributed by atoms with Crippen molar-refractivity contribution in [1.29, 1.82) is 0 Å². The third-order valence-electron chi connectivity index (χ3n) is 2.86. The second kappa shape index (κ2) is 6.70. The smallest absolute Gasteiger partial charge is 0.314 e. The molecule has 2 aromatic rings. The molecule has 0 saturated carbocycles. The topological polar surface area (TPSA) is 41.1 Å². The van der Waals surface area contributed by atoms with Crippen LogP contribution in [0.2, 0.25) is 0 Å². The Hall–Kier alpha value is -2.62. The van der Waals surface area contributed by atoms with Crippen LogP contribution in [0.25, 0.3) is 6.08 Å². The maximum Gasteiger partial charge on any atom is 0.323 e. The van der Waals surface area contributed by atoms with Gasteiger partial charge in [0.25, 0.3) is 0 Å². The van der Waals surface area contributed by atoms with Crippen molar-refractivity contribution >= 4 is 17.8 Å². The number of amides is 2. The van der Waals surface area contributed by atoms with E-state index in [-0.39, 0.29) is 11.8 Å². The van der Waals surface area contributed by atoms with Crippen molar-refractivity contribution in [3.05, 3.63) is 71.2 Å². The first-order valence-corrected chi connectivity index (χ1v) is 6.61. The summed E-state index contributed by atoms with van der Waals surface area (Å²) >= 11 is 0. The van der Waals surface area contributed by atoms with Gasteiger partial charge in [0, 0.05) is 17.5 Å². The molecule has 0 spiro atoms. The van der Waals surface area contributed by atoms with E-state index in [1.54, 1.807) is 18.2 Å². The summed E-state index contributed by atoms with van der Waals surface area (Å²) < 4.78 is 13.4. The number of anilines is 1. The van der Waals surface area contributed by atoms with Crippen LogP contribution in [0.3, 0.4) is 0 Å². The molecule has 0 radical (unpaired) electrons. The summed E-state index contributed by atoms with van der Waals surface area (Å²) in [6.07, 6.45) is 2.92. The fourth-order valence-electron chi connectivity index (χ4n) is 2.03. The molecular weight excluding hydrogens is 267 g/mol. The van der Waals surface area contributed by atoms with E-state index in [0.717, 1.165) is 16.8 Å². The number of halogens is 1. The second-order valence-electron chi connectivity index (χ2n) is 4.83. The molecule has 0 unspecified atom stereocenters. The molecule has 108 valence electrons. The van der Waals surface area contributed by atoms with Gasteiger partial charge in [-0.3, -0.25) is 0 Å². The molecule has 0 bridgehead atoms. The summed E-state index contributed by atoms with van der Waals surface area (Å²) in [5.41, 5.74) is 3.30. The van der Waals surface area contributed by atoms with Gasteiger partial charge in [-0.05, 0) is 49.2 Å². The highest BCUT2D eigenvalue weighted by Crippen LogP contribution is 2.13. The minimum Gasteiger partial charge on any atom is -0.314 e. The molecule has 0 atom stereocenters. The zero-order chi connectivity index (χ0) is 15.2. The van der Waals surface area contributed by atoms with E-state index in [0.29, 0.717) is 5.56 Å². The number of nitrogens with one attached hydrogen (secondary N) is 2. The molecule has 3 nitrogen and oxygen atoms in total. The Morgan fingerprint density at radius 3 is 2.43 bits per heavy atom. The van der Waals surface area contributed by atoms with Crippen LogP contribution in [-0.2, 0) is 0 Å². The molecular formula is C17H17FN2O. The third-order valence-corrected chi connectivity index (χ3v) is 2.86. The molecule has 0 saturated heterocycles. The number of carbonyl (C=O) groups is 1. The molecule has 0 heterocycles. The first-order chi connectivity index (χ1) is 10.0. The fourth-order valence-corrected chi connectivity index (χ4v) is 2.03. The van der Waals surface area contributed by atoms with Gasteiger partial charge in [0.1, 0.15) is 5.82 Å². The Bertz CT molecular complexity index is 660. The average Bonchev–Trinajstić information content (AvgIpc) is 2.39. The van der Waals surface area contributed by atoms with Gasteiger partial charge in [-0.2, -0.15) is 0 Å². The highest BCUT2D eigenvalue weighted by molar-refractivity contribution is 5.90. The number of hydrogen-bond donors (Lipinski definition) is 2. The number of carbonyl (C=O) groups excluding carboxylic acids is 1. The molecule has 21 heavy (non-hydrogen) atoms. The Morgan fingerprint density at radius 1 is 1.10 bits per heavy atom. The van der Waals surface area contributed by atoms with E-state index >= 15 is 0 Å². The van der Waals surface area contributed by atoms with Gasteiger partial charge in [0.2, 0.25) is 0 Å². The lowest BCUT2D eigenvalue weighted by atomic mass is 10.1. The Balaban J connectivity index is 1.95. The Morgan fingerprint density at radius 2 is 1.76 bits per heavy atom. The quantitative estimate of drug-likeness (QED) is 0.870. The SMILES string of the molecule is Cc1cc(C)cc(NC(=O)N/C=C/c2ccccc2F)c1. The maximum atomic E-state index is 13.4. The highest BCUT2D eigenvalue weighted by atomic mass is 19.1. The van der Waals surface area contributed by atoms with Crippen molar-refractivity contribution < 1.29 is 9.18 Å². The van der Waals surface area contributed by atoms with Gasteiger partial charge < -0.3 is 10.6 Å². The van der Waals surface area contributed by atoms with Crippen molar-refractivity contribution in [2.24, 2.45) is 0 Å². The molecule has 0 aliphatic heterocycles. The lowest BCUT2D eigenvalue weighted by Gasteiger charge is -2.07. The van der Waals surface area contributed by atoms with Crippen molar-refractivity contribution in [2.45, 2.75) is 13.8 Å². The average molecular weight is 284 g/mol. The predicted molar refractivity (Wildman–Crippen MR) is 83.5 cm³/mol. The first kappa shape index (κ1) is 14.8. The first-order valence-electron chi connectivity index (χ1n) is 6.61. The lowest BCUT2D eigenvalue weighted by Crippen LogP contribution is -2.23. The van der Waals surface area contributed by atoms with Gasteiger partial charge in [-0.25, -0.2) is 9.18 Å². The normalized spacial score (nSPS) is 10.6. The van der Waals surface area contributed by atoms with Gasteiger partial charge >= 0.3 is 6.03 Å². The summed E-state index contributed by atoms with van der Waals surface area (Å²) in [5.74, 6) is -0.328. The third kappa shape index (κ3) is 4.45. The predicted octanol–water partition coefficient (Wildman–Crippen LogP) is 4.23. The molecule has 0 aliphatic carbocycles. The Kier molecular flexibility index (Phi) is 4.72. The van der Waals surface area contributed by atoms with Crippen molar-refractivity contribution in [3.63, 3.8) is 0 Å². The molecule has 2 rings (SSSR count). The molecule has 4 heteroatoms. The van der Waals surface area contributed by atoms with Gasteiger partial charge in [0.15, 0.2) is 0 Å². The minimum absolute atomic E-state index is 0.328. The minimum atomic E-state index is -0.368. The monoisotopic (exact) mass is 284 g/mol. The van der Waals surface area contributed by atoms with Crippen LogP contribution in [0.4, 0.5) is 14.9 Å². The summed E-state index contributed by atoms with van der Waals surface area (Å²) in [6, 6.07) is 11.8. The van der Waals surface area contributed by atoms with Crippen molar-refractivity contribution in [3.8, 4) is 0 Å². The van der Waals surface area contributed by atoms with E-state index in [4.69, 9.17) is 0 Å². The van der Waals surface area contributed by atoms with E-state index < -0.39 is 0 Å². The van der Waals surface area contributed by atoms with Crippen LogP contribution in [-0.4, -0.2) is 6.03 Å². The summed E-state index contributed by atoms with van der Waals surface area (Å²) in [4.78, 5) is 11.7. The van der Waals surface area contributed by atoms with E-state index in [2.05, 4.69) is 10.6 Å². The largest absolute Gasteiger partial charge is 0.323 e. The van der Waals surface area contributed by atoms with Crippen LogP contribution < -0.4 is 10.6 Å². The van der Waals surface area contributed by atoms with Crippen LogP contribution in [0, 0.1) is 19.7 Å². The van der Waals surface area contributed by atoms with Crippen LogP contribution in [0.15, 0.2) is 48.7 Å². The number of urea groups is 1. The zero-order valence-electron chi connectivity index (χ0n) is 12.0. The van der Waals surface area contributed by atoms with Crippen LogP contribution >= 0.6 is 0 Å². The van der Waals surface area contributed by atoms with Crippen molar-refractivity contribution in [2.75, 3.05) is 5.32 Å². The maximum absolute atomic E-state index is 13.4. The number of rotatable bonds is 3. The van der Waals surface area contributed by atoms with E-state index in [1.807, 2.05) is 32.0 Å².